The normalized spacial score (nSPS) is 17.9. The van der Waals surface area contributed by atoms with Crippen LogP contribution in [0.3, 0.4) is 0 Å². The highest BCUT2D eigenvalue weighted by atomic mass is 16.5. The van der Waals surface area contributed by atoms with Crippen LogP contribution in [0.25, 0.3) is 5.69 Å². The van der Waals surface area contributed by atoms with Crippen molar-refractivity contribution >= 4 is 5.91 Å². The number of benzene rings is 1. The minimum Gasteiger partial charge on any atom is -0.376 e. The largest absolute Gasteiger partial charge is 0.376 e. The third kappa shape index (κ3) is 2.92. The molecule has 1 aromatic heterocycles. The maximum Gasteiger partial charge on any atom is 0.253 e. The fourth-order valence-electron chi connectivity index (χ4n) is 2.41. The molecule has 0 aliphatic carbocycles. The van der Waals surface area contributed by atoms with Crippen LogP contribution in [0.4, 0.5) is 0 Å². The summed E-state index contributed by atoms with van der Waals surface area (Å²) in [7, 11) is 0. The molecule has 1 atom stereocenters. The number of nitrogens with one attached hydrogen (secondary N) is 1. The summed E-state index contributed by atoms with van der Waals surface area (Å²) >= 11 is 0. The number of hydrogen-bond donors (Lipinski definition) is 1. The van der Waals surface area contributed by atoms with Crippen LogP contribution < -0.4 is 5.32 Å². The molecule has 110 valence electrons. The van der Waals surface area contributed by atoms with Gasteiger partial charge in [-0.1, -0.05) is 12.1 Å². The van der Waals surface area contributed by atoms with Gasteiger partial charge >= 0.3 is 0 Å². The number of aryl methyl sites for hydroxylation is 1. The lowest BCUT2D eigenvalue weighted by Gasteiger charge is -2.13. The van der Waals surface area contributed by atoms with E-state index in [9.17, 15) is 4.79 Å². The summed E-state index contributed by atoms with van der Waals surface area (Å²) < 4.78 is 7.07. The van der Waals surface area contributed by atoms with Crippen LogP contribution in [-0.2, 0) is 4.74 Å². The van der Waals surface area contributed by atoms with Gasteiger partial charge in [0.15, 0.2) is 5.82 Å². The molecule has 1 aliphatic rings. The van der Waals surface area contributed by atoms with Gasteiger partial charge in [0.05, 0.1) is 17.4 Å². The first-order valence-corrected chi connectivity index (χ1v) is 7.00. The van der Waals surface area contributed by atoms with E-state index >= 15 is 0 Å². The predicted octanol–water partition coefficient (Wildman–Crippen LogP) is 0.880. The number of nitrogens with zero attached hydrogens (tertiary/aromatic N) is 4. The second kappa shape index (κ2) is 6.01. The molecule has 7 nitrogen and oxygen atoms in total. The SMILES string of the molecule is Cc1nnnn1-c1ccccc1C(=O)NC[C@@H]1CCCO1. The lowest BCUT2D eigenvalue weighted by Crippen LogP contribution is -2.32. The number of ether oxygens (including phenoxy) is 1. The molecular weight excluding hydrogens is 270 g/mol. The number of hydrogen-bond acceptors (Lipinski definition) is 5. The molecule has 1 aromatic carbocycles. The number of rotatable bonds is 4. The Kier molecular flexibility index (Phi) is 3.92. The van der Waals surface area contributed by atoms with Crippen LogP contribution in [0, 0.1) is 6.92 Å². The third-order valence-electron chi connectivity index (χ3n) is 3.52. The van der Waals surface area contributed by atoms with Crippen LogP contribution in [0.15, 0.2) is 24.3 Å². The molecule has 1 fully saturated rings. The third-order valence-corrected chi connectivity index (χ3v) is 3.52. The van der Waals surface area contributed by atoms with E-state index in [1.54, 1.807) is 17.7 Å². The first-order chi connectivity index (χ1) is 10.3. The van der Waals surface area contributed by atoms with Gasteiger partial charge in [-0.3, -0.25) is 4.79 Å². The van der Waals surface area contributed by atoms with Gasteiger partial charge in [0.1, 0.15) is 0 Å². The summed E-state index contributed by atoms with van der Waals surface area (Å²) in [5, 5.41) is 14.3. The Bertz CT molecular complexity index is 634. The molecule has 3 rings (SSSR count). The monoisotopic (exact) mass is 287 g/mol. The van der Waals surface area contributed by atoms with E-state index in [4.69, 9.17) is 4.74 Å². The minimum absolute atomic E-state index is 0.121. The minimum atomic E-state index is -0.143. The van der Waals surface area contributed by atoms with E-state index in [0.29, 0.717) is 23.6 Å². The Morgan fingerprint density at radius 1 is 1.48 bits per heavy atom. The quantitative estimate of drug-likeness (QED) is 0.902. The van der Waals surface area contributed by atoms with Crippen molar-refractivity contribution in [3.05, 3.63) is 35.7 Å². The van der Waals surface area contributed by atoms with Crippen LogP contribution in [0.2, 0.25) is 0 Å². The van der Waals surface area contributed by atoms with E-state index in [2.05, 4.69) is 20.8 Å². The van der Waals surface area contributed by atoms with Crippen molar-refractivity contribution in [2.24, 2.45) is 0 Å². The van der Waals surface area contributed by atoms with Crippen LogP contribution in [0.5, 0.6) is 0 Å². The van der Waals surface area contributed by atoms with Crippen molar-refractivity contribution in [2.75, 3.05) is 13.2 Å². The zero-order valence-electron chi connectivity index (χ0n) is 11.8. The average molecular weight is 287 g/mol. The van der Waals surface area contributed by atoms with Crippen molar-refractivity contribution in [1.82, 2.24) is 25.5 Å². The van der Waals surface area contributed by atoms with E-state index in [-0.39, 0.29) is 12.0 Å². The Balaban J connectivity index is 1.78. The van der Waals surface area contributed by atoms with E-state index in [0.717, 1.165) is 19.4 Å². The second-order valence-corrected chi connectivity index (χ2v) is 5.00. The van der Waals surface area contributed by atoms with E-state index < -0.39 is 0 Å². The Labute approximate surface area is 122 Å². The molecule has 2 heterocycles. The number of carbonyl (C=O) groups is 1. The van der Waals surface area contributed by atoms with Crippen LogP contribution in [-0.4, -0.2) is 45.4 Å². The molecular formula is C14H17N5O2. The Morgan fingerprint density at radius 3 is 3.05 bits per heavy atom. The number of amides is 1. The molecule has 0 unspecified atom stereocenters. The fourth-order valence-corrected chi connectivity index (χ4v) is 2.41. The fraction of sp³-hybridized carbons (Fsp3) is 0.429. The summed E-state index contributed by atoms with van der Waals surface area (Å²) in [4.78, 5) is 12.4. The summed E-state index contributed by atoms with van der Waals surface area (Å²) in [6.07, 6.45) is 2.17. The topological polar surface area (TPSA) is 81.9 Å². The number of tetrazole rings is 1. The second-order valence-electron chi connectivity index (χ2n) is 5.00. The lowest BCUT2D eigenvalue weighted by molar-refractivity contribution is 0.0857. The molecule has 0 spiro atoms. The molecule has 0 radical (unpaired) electrons. The first kappa shape index (κ1) is 13.7. The maximum atomic E-state index is 12.4. The van der Waals surface area contributed by atoms with E-state index in [1.807, 2.05) is 18.2 Å². The molecule has 1 amide bonds. The van der Waals surface area contributed by atoms with Gasteiger partial charge < -0.3 is 10.1 Å². The maximum absolute atomic E-state index is 12.4. The van der Waals surface area contributed by atoms with Crippen molar-refractivity contribution in [1.29, 1.82) is 0 Å². The lowest BCUT2D eigenvalue weighted by atomic mass is 10.1. The van der Waals surface area contributed by atoms with Crippen LogP contribution >= 0.6 is 0 Å². The van der Waals surface area contributed by atoms with Gasteiger partial charge in [-0.05, 0) is 42.3 Å². The molecule has 1 saturated heterocycles. The van der Waals surface area contributed by atoms with Crippen molar-refractivity contribution in [3.8, 4) is 5.69 Å². The first-order valence-electron chi connectivity index (χ1n) is 7.00. The van der Waals surface area contributed by atoms with Gasteiger partial charge in [0.2, 0.25) is 0 Å². The van der Waals surface area contributed by atoms with Gasteiger partial charge in [0, 0.05) is 13.2 Å². The van der Waals surface area contributed by atoms with Gasteiger partial charge in [-0.25, -0.2) is 0 Å². The number of para-hydroxylation sites is 1. The Morgan fingerprint density at radius 2 is 2.33 bits per heavy atom. The molecule has 1 aliphatic heterocycles. The zero-order valence-corrected chi connectivity index (χ0v) is 11.8. The predicted molar refractivity (Wildman–Crippen MR) is 75.2 cm³/mol. The van der Waals surface area contributed by atoms with Crippen LogP contribution in [0.1, 0.15) is 29.0 Å². The highest BCUT2D eigenvalue weighted by molar-refractivity contribution is 5.97. The summed E-state index contributed by atoms with van der Waals surface area (Å²) in [6, 6.07) is 7.27. The highest BCUT2D eigenvalue weighted by Gasteiger charge is 2.19. The Hall–Kier alpha value is -2.28. The van der Waals surface area contributed by atoms with Gasteiger partial charge in [-0.15, -0.1) is 5.10 Å². The number of carbonyl (C=O) groups excluding carboxylic acids is 1. The van der Waals surface area contributed by atoms with E-state index in [1.165, 1.54) is 0 Å². The molecule has 1 N–H and O–H groups in total. The summed E-state index contributed by atoms with van der Waals surface area (Å²) in [6.45, 7) is 3.10. The summed E-state index contributed by atoms with van der Waals surface area (Å²) in [5.41, 5.74) is 1.22. The van der Waals surface area contributed by atoms with Gasteiger partial charge in [-0.2, -0.15) is 4.68 Å². The van der Waals surface area contributed by atoms with Gasteiger partial charge in [0.25, 0.3) is 5.91 Å². The average Bonchev–Trinajstić information content (AvgIpc) is 3.16. The number of aromatic nitrogens is 4. The standard InChI is InChI=1S/C14H17N5O2/c1-10-16-17-18-19(10)13-7-3-2-6-12(13)14(20)15-9-11-5-4-8-21-11/h2-3,6-7,11H,4-5,8-9H2,1H3,(H,15,20)/t11-/m0/s1. The molecule has 2 aromatic rings. The zero-order chi connectivity index (χ0) is 14.7. The molecule has 0 saturated carbocycles. The molecule has 7 heteroatoms. The highest BCUT2D eigenvalue weighted by Crippen LogP contribution is 2.15. The molecule has 21 heavy (non-hydrogen) atoms. The van der Waals surface area contributed by atoms with Crippen molar-refractivity contribution in [3.63, 3.8) is 0 Å². The smallest absolute Gasteiger partial charge is 0.253 e. The summed E-state index contributed by atoms with van der Waals surface area (Å²) in [5.74, 6) is 0.491. The van der Waals surface area contributed by atoms with Crippen molar-refractivity contribution < 1.29 is 9.53 Å². The molecule has 0 bridgehead atoms. The van der Waals surface area contributed by atoms with Crippen molar-refractivity contribution in [2.45, 2.75) is 25.9 Å².